The monoisotopic (exact) mass is 363 g/mol. The van der Waals surface area contributed by atoms with Gasteiger partial charge in [0.05, 0.1) is 12.1 Å². The largest absolute Gasteiger partial charge is 0.495 e. The Kier molecular flexibility index (Phi) is 4.15. The molecule has 1 atom stereocenters. The minimum atomic E-state index is 0.383. The van der Waals surface area contributed by atoms with Crippen molar-refractivity contribution in [3.05, 3.63) is 29.0 Å². The molecule has 3 heterocycles. The molecule has 24 heavy (non-hydrogen) atoms. The minimum absolute atomic E-state index is 0.383. The average Bonchev–Trinajstić information content (AvgIpc) is 3.15. The van der Waals surface area contributed by atoms with Gasteiger partial charge in [-0.05, 0) is 44.6 Å². The van der Waals surface area contributed by atoms with Crippen molar-refractivity contribution in [3.63, 3.8) is 0 Å². The van der Waals surface area contributed by atoms with Crippen molar-refractivity contribution >= 4 is 27.9 Å². The number of methoxy groups -OCH3 is 1. The summed E-state index contributed by atoms with van der Waals surface area (Å²) in [5, 5.41) is 14.9. The van der Waals surface area contributed by atoms with Crippen LogP contribution in [0.25, 0.3) is 15.5 Å². The van der Waals surface area contributed by atoms with E-state index in [9.17, 15) is 0 Å². The van der Waals surface area contributed by atoms with Gasteiger partial charge in [0.25, 0.3) is 0 Å². The molecule has 126 valence electrons. The van der Waals surface area contributed by atoms with E-state index in [-0.39, 0.29) is 0 Å². The van der Waals surface area contributed by atoms with Crippen LogP contribution in [0.1, 0.15) is 24.6 Å². The van der Waals surface area contributed by atoms with Crippen molar-refractivity contribution in [2.24, 2.45) is 0 Å². The van der Waals surface area contributed by atoms with Crippen LogP contribution < -0.4 is 4.74 Å². The Morgan fingerprint density at radius 1 is 1.33 bits per heavy atom. The van der Waals surface area contributed by atoms with Gasteiger partial charge in [0.1, 0.15) is 10.8 Å². The van der Waals surface area contributed by atoms with Gasteiger partial charge in [-0.15, -0.1) is 10.2 Å². The van der Waals surface area contributed by atoms with Gasteiger partial charge >= 0.3 is 0 Å². The quantitative estimate of drug-likeness (QED) is 0.714. The Labute approximate surface area is 149 Å². The van der Waals surface area contributed by atoms with Gasteiger partial charge in [0, 0.05) is 18.0 Å². The first-order valence-corrected chi connectivity index (χ1v) is 9.09. The van der Waals surface area contributed by atoms with Crippen LogP contribution in [-0.4, -0.2) is 52.0 Å². The summed E-state index contributed by atoms with van der Waals surface area (Å²) >= 11 is 7.76. The van der Waals surface area contributed by atoms with Gasteiger partial charge in [0.2, 0.25) is 4.96 Å². The predicted molar refractivity (Wildman–Crippen MR) is 95.1 cm³/mol. The average molecular weight is 364 g/mol. The van der Waals surface area contributed by atoms with Crippen molar-refractivity contribution in [2.75, 3.05) is 27.2 Å². The second kappa shape index (κ2) is 6.31. The first kappa shape index (κ1) is 15.8. The van der Waals surface area contributed by atoms with E-state index >= 15 is 0 Å². The molecule has 0 aliphatic carbocycles. The summed E-state index contributed by atoms with van der Waals surface area (Å²) in [6.45, 7) is 2.15. The number of ether oxygens (including phenoxy) is 1. The standard InChI is InChI=1S/C16H18ClN5OS/c1-21-7-3-4-11(9-21)14-18-19-16-22(14)20-15(24-16)10-5-6-13(23-2)12(17)8-10/h5-6,8,11H,3-4,7,9H2,1-2H3/t11-/m0/s1. The van der Waals surface area contributed by atoms with E-state index < -0.39 is 0 Å². The number of rotatable bonds is 3. The molecule has 1 aromatic carbocycles. The number of hydrogen-bond acceptors (Lipinski definition) is 6. The zero-order valence-electron chi connectivity index (χ0n) is 13.6. The number of piperidine rings is 1. The van der Waals surface area contributed by atoms with Gasteiger partial charge in [-0.1, -0.05) is 22.9 Å². The van der Waals surface area contributed by atoms with Crippen LogP contribution in [0.3, 0.4) is 0 Å². The number of hydrogen-bond donors (Lipinski definition) is 0. The number of likely N-dealkylation sites (tertiary alicyclic amines) is 1. The lowest BCUT2D eigenvalue weighted by molar-refractivity contribution is 0.244. The van der Waals surface area contributed by atoms with Crippen molar-refractivity contribution < 1.29 is 4.74 Å². The summed E-state index contributed by atoms with van der Waals surface area (Å²) in [5.41, 5.74) is 0.961. The minimum Gasteiger partial charge on any atom is -0.495 e. The van der Waals surface area contributed by atoms with Crippen LogP contribution in [0.2, 0.25) is 5.02 Å². The molecule has 0 spiro atoms. The summed E-state index contributed by atoms with van der Waals surface area (Å²) < 4.78 is 7.10. The summed E-state index contributed by atoms with van der Waals surface area (Å²) in [6.07, 6.45) is 2.31. The lowest BCUT2D eigenvalue weighted by Crippen LogP contribution is -2.31. The number of aromatic nitrogens is 4. The van der Waals surface area contributed by atoms with Gasteiger partial charge < -0.3 is 9.64 Å². The molecular weight excluding hydrogens is 346 g/mol. The molecule has 0 radical (unpaired) electrons. The molecule has 0 bridgehead atoms. The molecule has 0 saturated carbocycles. The highest BCUT2D eigenvalue weighted by Crippen LogP contribution is 2.33. The van der Waals surface area contributed by atoms with Crippen molar-refractivity contribution in [1.82, 2.24) is 24.7 Å². The van der Waals surface area contributed by atoms with Crippen LogP contribution in [0.4, 0.5) is 0 Å². The van der Waals surface area contributed by atoms with E-state index in [1.165, 1.54) is 17.8 Å². The van der Waals surface area contributed by atoms with Crippen LogP contribution in [0, 0.1) is 0 Å². The molecule has 1 saturated heterocycles. The number of benzene rings is 1. The Morgan fingerprint density at radius 2 is 2.21 bits per heavy atom. The number of fused-ring (bicyclic) bond motifs is 1. The zero-order valence-corrected chi connectivity index (χ0v) is 15.1. The smallest absolute Gasteiger partial charge is 0.234 e. The van der Waals surface area contributed by atoms with Crippen molar-refractivity contribution in [3.8, 4) is 16.3 Å². The van der Waals surface area contributed by atoms with Crippen LogP contribution >= 0.6 is 22.9 Å². The molecule has 0 unspecified atom stereocenters. The zero-order chi connectivity index (χ0) is 16.7. The van der Waals surface area contributed by atoms with Gasteiger partial charge in [-0.3, -0.25) is 0 Å². The van der Waals surface area contributed by atoms with E-state index in [1.807, 2.05) is 22.7 Å². The SMILES string of the molecule is COc1ccc(-c2nn3c([C@H]4CCCN(C)C4)nnc3s2)cc1Cl. The van der Waals surface area contributed by atoms with Crippen LogP contribution in [0.15, 0.2) is 18.2 Å². The number of halogens is 1. The highest BCUT2D eigenvalue weighted by molar-refractivity contribution is 7.19. The second-order valence-electron chi connectivity index (χ2n) is 6.11. The molecule has 2 aromatic heterocycles. The van der Waals surface area contributed by atoms with Crippen molar-refractivity contribution in [2.45, 2.75) is 18.8 Å². The molecule has 3 aromatic rings. The van der Waals surface area contributed by atoms with E-state index in [4.69, 9.17) is 21.4 Å². The summed E-state index contributed by atoms with van der Waals surface area (Å²) in [7, 11) is 3.76. The maximum atomic E-state index is 6.23. The van der Waals surface area contributed by atoms with E-state index in [1.54, 1.807) is 7.11 Å². The normalized spacial score (nSPS) is 19.0. The molecular formula is C16H18ClN5OS. The summed E-state index contributed by atoms with van der Waals surface area (Å²) in [4.78, 5) is 3.16. The van der Waals surface area contributed by atoms with E-state index in [2.05, 4.69) is 22.1 Å². The topological polar surface area (TPSA) is 55.6 Å². The molecule has 1 aliphatic heterocycles. The third-order valence-corrected chi connectivity index (χ3v) is 5.65. The lowest BCUT2D eigenvalue weighted by atomic mass is 9.98. The van der Waals surface area contributed by atoms with Gasteiger partial charge in [0.15, 0.2) is 5.82 Å². The molecule has 4 rings (SSSR count). The first-order valence-electron chi connectivity index (χ1n) is 7.90. The van der Waals surface area contributed by atoms with Gasteiger partial charge in [-0.2, -0.15) is 9.61 Å². The van der Waals surface area contributed by atoms with Crippen LogP contribution in [0.5, 0.6) is 5.75 Å². The molecule has 1 fully saturated rings. The Balaban J connectivity index is 1.70. The number of nitrogens with zero attached hydrogens (tertiary/aromatic N) is 5. The highest BCUT2D eigenvalue weighted by atomic mass is 35.5. The summed E-state index contributed by atoms with van der Waals surface area (Å²) in [5.74, 6) is 2.00. The molecule has 0 N–H and O–H groups in total. The van der Waals surface area contributed by atoms with Gasteiger partial charge in [-0.25, -0.2) is 0 Å². The van der Waals surface area contributed by atoms with Crippen molar-refractivity contribution in [1.29, 1.82) is 0 Å². The molecule has 8 heteroatoms. The summed E-state index contributed by atoms with van der Waals surface area (Å²) in [6, 6.07) is 5.70. The van der Waals surface area contributed by atoms with Crippen LogP contribution in [-0.2, 0) is 0 Å². The highest BCUT2D eigenvalue weighted by Gasteiger charge is 2.25. The lowest BCUT2D eigenvalue weighted by Gasteiger charge is -2.28. The number of likely N-dealkylation sites (N-methyl/N-ethyl adjacent to an activating group) is 1. The molecule has 1 aliphatic rings. The Morgan fingerprint density at radius 3 is 2.96 bits per heavy atom. The Bertz CT molecular complexity index is 877. The maximum Gasteiger partial charge on any atom is 0.234 e. The molecule has 6 nitrogen and oxygen atoms in total. The first-order chi connectivity index (χ1) is 11.7. The fourth-order valence-corrected chi connectivity index (χ4v) is 4.28. The second-order valence-corrected chi connectivity index (χ2v) is 7.47. The van der Waals surface area contributed by atoms with E-state index in [0.717, 1.165) is 40.9 Å². The molecule has 0 amide bonds. The Hall–Kier alpha value is -1.70. The third-order valence-electron chi connectivity index (χ3n) is 4.40. The maximum absolute atomic E-state index is 6.23. The fourth-order valence-electron chi connectivity index (χ4n) is 3.18. The van der Waals surface area contributed by atoms with E-state index in [0.29, 0.717) is 16.7 Å². The third kappa shape index (κ3) is 2.76. The predicted octanol–water partition coefficient (Wildman–Crippen LogP) is 3.32. The fraction of sp³-hybridized carbons (Fsp3) is 0.438.